The van der Waals surface area contributed by atoms with E-state index in [4.69, 9.17) is 11.6 Å². The van der Waals surface area contributed by atoms with Crippen molar-refractivity contribution in [3.8, 4) is 11.1 Å². The van der Waals surface area contributed by atoms with E-state index in [1.54, 1.807) is 16.8 Å². The van der Waals surface area contributed by atoms with Gasteiger partial charge < -0.3 is 5.32 Å². The first-order valence-corrected chi connectivity index (χ1v) is 8.26. The highest BCUT2D eigenvalue weighted by molar-refractivity contribution is 6.29. The Morgan fingerprint density at radius 1 is 1.08 bits per heavy atom. The summed E-state index contributed by atoms with van der Waals surface area (Å²) in [5, 5.41) is 7.86. The van der Waals surface area contributed by atoms with E-state index in [2.05, 4.69) is 25.4 Å². The number of aryl methyl sites for hydroxylation is 2. The molecule has 0 aromatic carbocycles. The highest BCUT2D eigenvalue weighted by atomic mass is 35.5. The van der Waals surface area contributed by atoms with Crippen molar-refractivity contribution < 1.29 is 4.39 Å². The van der Waals surface area contributed by atoms with E-state index < -0.39 is 5.82 Å². The smallest absolute Gasteiger partial charge is 0.154 e. The lowest BCUT2D eigenvalue weighted by Gasteiger charge is -2.04. The fourth-order valence-electron chi connectivity index (χ4n) is 2.77. The van der Waals surface area contributed by atoms with Crippen molar-refractivity contribution in [3.05, 3.63) is 65.2 Å². The molecule has 0 amide bonds. The maximum atomic E-state index is 14.1. The zero-order valence-electron chi connectivity index (χ0n) is 14.0. The van der Waals surface area contributed by atoms with Gasteiger partial charge in [-0.25, -0.2) is 23.9 Å². The van der Waals surface area contributed by atoms with Crippen LogP contribution in [0.4, 0.5) is 16.0 Å². The van der Waals surface area contributed by atoms with E-state index in [0.717, 1.165) is 17.4 Å². The number of nitrogens with one attached hydrogen (secondary N) is 1. The molecule has 0 saturated carbocycles. The van der Waals surface area contributed by atoms with Crippen molar-refractivity contribution in [2.75, 3.05) is 5.32 Å². The van der Waals surface area contributed by atoms with Gasteiger partial charge >= 0.3 is 0 Å². The Hall–Kier alpha value is -3.06. The van der Waals surface area contributed by atoms with Gasteiger partial charge in [0, 0.05) is 29.6 Å². The lowest BCUT2D eigenvalue weighted by atomic mass is 10.1. The number of hydrogen-bond donors (Lipinski definition) is 1. The molecule has 26 heavy (non-hydrogen) atoms. The van der Waals surface area contributed by atoms with E-state index in [1.807, 2.05) is 32.0 Å². The van der Waals surface area contributed by atoms with Gasteiger partial charge in [-0.3, -0.25) is 0 Å². The minimum atomic E-state index is -0.427. The monoisotopic (exact) mass is 368 g/mol. The summed E-state index contributed by atoms with van der Waals surface area (Å²) in [7, 11) is 0. The molecule has 4 aromatic rings. The second kappa shape index (κ2) is 6.34. The fraction of sp³-hybridized carbons (Fsp3) is 0.111. The third-order valence-electron chi connectivity index (χ3n) is 3.82. The molecular weight excluding hydrogens is 355 g/mol. The van der Waals surface area contributed by atoms with Crippen LogP contribution in [0.2, 0.25) is 5.15 Å². The van der Waals surface area contributed by atoms with Gasteiger partial charge in [-0.15, -0.1) is 0 Å². The van der Waals surface area contributed by atoms with Crippen LogP contribution < -0.4 is 5.32 Å². The van der Waals surface area contributed by atoms with Gasteiger partial charge in [0.25, 0.3) is 0 Å². The van der Waals surface area contributed by atoms with Crippen LogP contribution in [0.15, 0.2) is 42.7 Å². The van der Waals surface area contributed by atoms with Crippen molar-refractivity contribution in [1.29, 1.82) is 0 Å². The second-order valence-corrected chi connectivity index (χ2v) is 6.26. The first-order chi connectivity index (χ1) is 12.5. The molecule has 1 N–H and O–H groups in total. The number of hydrogen-bond acceptors (Lipinski definition) is 5. The maximum absolute atomic E-state index is 14.1. The molecule has 8 heteroatoms. The van der Waals surface area contributed by atoms with Crippen LogP contribution in [0, 0.1) is 19.7 Å². The van der Waals surface area contributed by atoms with Gasteiger partial charge in [0.15, 0.2) is 5.82 Å². The van der Waals surface area contributed by atoms with Crippen LogP contribution in [-0.4, -0.2) is 24.6 Å². The first kappa shape index (κ1) is 16.4. The molecule has 0 unspecified atom stereocenters. The third-order valence-corrected chi connectivity index (χ3v) is 4.03. The maximum Gasteiger partial charge on any atom is 0.154 e. The van der Waals surface area contributed by atoms with E-state index >= 15 is 0 Å². The average molecular weight is 369 g/mol. The standard InChI is InChI=1S/C18H14ClFN6/c1-10-5-17(23-11(2)22-10)24-18-7-13-6-12(3-4-26(13)25-18)14-8-16(19)21-9-15(14)20/h3-9H,1-2H3,(H,22,23,24,25). The van der Waals surface area contributed by atoms with E-state index in [0.29, 0.717) is 28.6 Å². The van der Waals surface area contributed by atoms with Gasteiger partial charge in [-0.2, -0.15) is 5.10 Å². The van der Waals surface area contributed by atoms with Gasteiger partial charge in [0.05, 0.1) is 11.7 Å². The zero-order chi connectivity index (χ0) is 18.3. The molecule has 0 atom stereocenters. The normalized spacial score (nSPS) is 11.1. The molecule has 0 aliphatic carbocycles. The molecule has 0 spiro atoms. The summed E-state index contributed by atoms with van der Waals surface area (Å²) in [6.07, 6.45) is 2.88. The van der Waals surface area contributed by atoms with Crippen molar-refractivity contribution in [2.45, 2.75) is 13.8 Å². The highest BCUT2D eigenvalue weighted by Gasteiger charge is 2.10. The van der Waals surface area contributed by atoms with E-state index in [1.165, 1.54) is 6.07 Å². The van der Waals surface area contributed by atoms with Crippen molar-refractivity contribution in [3.63, 3.8) is 0 Å². The largest absolute Gasteiger partial charge is 0.323 e. The Morgan fingerprint density at radius 2 is 1.92 bits per heavy atom. The molecule has 6 nitrogen and oxygen atoms in total. The van der Waals surface area contributed by atoms with Gasteiger partial charge in [0.1, 0.15) is 22.6 Å². The molecule has 0 aliphatic heterocycles. The lowest BCUT2D eigenvalue weighted by Crippen LogP contribution is -1.99. The molecule has 130 valence electrons. The van der Waals surface area contributed by atoms with Crippen molar-refractivity contribution >= 4 is 28.8 Å². The summed E-state index contributed by atoms with van der Waals surface area (Å²) in [6.45, 7) is 3.74. The Labute approximate surface area is 153 Å². The van der Waals surface area contributed by atoms with Crippen LogP contribution in [0.5, 0.6) is 0 Å². The van der Waals surface area contributed by atoms with Gasteiger partial charge in [-0.05, 0) is 37.6 Å². The summed E-state index contributed by atoms with van der Waals surface area (Å²) in [4.78, 5) is 12.3. The predicted octanol–water partition coefficient (Wildman–Crippen LogP) is 4.34. The van der Waals surface area contributed by atoms with Crippen molar-refractivity contribution in [2.24, 2.45) is 0 Å². The summed E-state index contributed by atoms with van der Waals surface area (Å²) < 4.78 is 15.8. The van der Waals surface area contributed by atoms with E-state index in [-0.39, 0.29) is 5.15 Å². The van der Waals surface area contributed by atoms with E-state index in [9.17, 15) is 4.39 Å². The minimum Gasteiger partial charge on any atom is -0.323 e. The molecule has 4 rings (SSSR count). The Morgan fingerprint density at radius 3 is 2.73 bits per heavy atom. The van der Waals surface area contributed by atoms with Crippen LogP contribution in [-0.2, 0) is 0 Å². The summed E-state index contributed by atoms with van der Waals surface area (Å²) in [5.41, 5.74) is 2.76. The number of anilines is 2. The molecule has 0 saturated heterocycles. The van der Waals surface area contributed by atoms with Crippen LogP contribution >= 0.6 is 11.6 Å². The molecule has 0 radical (unpaired) electrons. The SMILES string of the molecule is Cc1cc(Nc2cc3cc(-c4cc(Cl)ncc4F)ccn3n2)nc(C)n1. The topological polar surface area (TPSA) is 68.0 Å². The number of aromatic nitrogens is 5. The molecule has 0 aliphatic rings. The number of rotatable bonds is 3. The minimum absolute atomic E-state index is 0.242. The summed E-state index contributed by atoms with van der Waals surface area (Å²) in [5.74, 6) is 1.56. The number of halogens is 2. The predicted molar refractivity (Wildman–Crippen MR) is 98.2 cm³/mol. The first-order valence-electron chi connectivity index (χ1n) is 7.88. The quantitative estimate of drug-likeness (QED) is 0.545. The summed E-state index contributed by atoms with van der Waals surface area (Å²) >= 11 is 5.89. The Kier molecular flexibility index (Phi) is 4.00. The van der Waals surface area contributed by atoms with Gasteiger partial charge in [0.2, 0.25) is 0 Å². The molecule has 0 fully saturated rings. The number of fused-ring (bicyclic) bond motifs is 1. The molecule has 0 bridgehead atoms. The Balaban J connectivity index is 1.70. The van der Waals surface area contributed by atoms with Crippen molar-refractivity contribution in [1.82, 2.24) is 24.6 Å². The van der Waals surface area contributed by atoms with Gasteiger partial charge in [-0.1, -0.05) is 11.6 Å². The number of nitrogens with zero attached hydrogens (tertiary/aromatic N) is 5. The summed E-state index contributed by atoms with van der Waals surface area (Å²) in [6, 6.07) is 8.82. The average Bonchev–Trinajstić information content (AvgIpc) is 2.97. The Bertz CT molecular complexity index is 1100. The molecule has 4 aromatic heterocycles. The zero-order valence-corrected chi connectivity index (χ0v) is 14.8. The number of pyridine rings is 2. The molecule has 4 heterocycles. The second-order valence-electron chi connectivity index (χ2n) is 5.87. The fourth-order valence-corrected chi connectivity index (χ4v) is 2.93. The lowest BCUT2D eigenvalue weighted by molar-refractivity contribution is 0.625. The molecular formula is C18H14ClFN6. The van der Waals surface area contributed by atoms with Crippen LogP contribution in [0.3, 0.4) is 0 Å². The third kappa shape index (κ3) is 3.21. The van der Waals surface area contributed by atoms with Crippen LogP contribution in [0.25, 0.3) is 16.6 Å². The van der Waals surface area contributed by atoms with Crippen LogP contribution in [0.1, 0.15) is 11.5 Å². The highest BCUT2D eigenvalue weighted by Crippen LogP contribution is 2.26.